The fourth-order valence-corrected chi connectivity index (χ4v) is 1.94. The molecule has 0 atom stereocenters. The predicted octanol–water partition coefficient (Wildman–Crippen LogP) is 2.62. The lowest BCUT2D eigenvalue weighted by Crippen LogP contribution is -1.99. The molecule has 17 heavy (non-hydrogen) atoms. The van der Waals surface area contributed by atoms with Crippen LogP contribution in [0.25, 0.3) is 5.69 Å². The van der Waals surface area contributed by atoms with Crippen LogP contribution in [-0.2, 0) is 11.2 Å². The van der Waals surface area contributed by atoms with Gasteiger partial charge in [-0.2, -0.15) is 0 Å². The number of rotatable bonds is 3. The second-order valence-electron chi connectivity index (χ2n) is 4.48. The second kappa shape index (κ2) is 4.53. The van der Waals surface area contributed by atoms with Crippen LogP contribution in [-0.4, -0.2) is 15.3 Å². The molecular weight excluding hydrogens is 212 g/mol. The molecule has 3 heteroatoms. The summed E-state index contributed by atoms with van der Waals surface area (Å²) in [7, 11) is 0. The summed E-state index contributed by atoms with van der Waals surface area (Å²) >= 11 is 0. The summed E-state index contributed by atoms with van der Waals surface area (Å²) in [4.78, 5) is 15.4. The molecular formula is C14H16N2O. The van der Waals surface area contributed by atoms with E-state index in [0.717, 1.165) is 22.5 Å². The number of aryl methyl sites for hydroxylation is 2. The Labute approximate surface area is 101 Å². The maximum atomic E-state index is 11.2. The largest absolute Gasteiger partial charge is 0.306 e. The molecule has 0 amide bonds. The summed E-state index contributed by atoms with van der Waals surface area (Å²) in [6.45, 7) is 5.61. The van der Waals surface area contributed by atoms with E-state index in [9.17, 15) is 4.79 Å². The van der Waals surface area contributed by atoms with E-state index < -0.39 is 0 Å². The Kier molecular flexibility index (Phi) is 3.09. The highest BCUT2D eigenvalue weighted by atomic mass is 16.1. The Bertz CT molecular complexity index is 555. The quantitative estimate of drug-likeness (QED) is 0.809. The van der Waals surface area contributed by atoms with Crippen LogP contribution in [0.1, 0.15) is 23.7 Å². The molecule has 0 saturated carbocycles. The van der Waals surface area contributed by atoms with E-state index in [1.807, 2.05) is 30.7 Å². The lowest BCUT2D eigenvalue weighted by Gasteiger charge is -2.07. The average molecular weight is 228 g/mol. The molecule has 0 aliphatic rings. The van der Waals surface area contributed by atoms with Crippen LogP contribution < -0.4 is 0 Å². The van der Waals surface area contributed by atoms with Crippen molar-refractivity contribution >= 4 is 5.78 Å². The molecule has 88 valence electrons. The van der Waals surface area contributed by atoms with Crippen molar-refractivity contribution in [3.63, 3.8) is 0 Å². The van der Waals surface area contributed by atoms with E-state index in [2.05, 4.69) is 17.1 Å². The van der Waals surface area contributed by atoms with E-state index >= 15 is 0 Å². The molecule has 0 spiro atoms. The van der Waals surface area contributed by atoms with E-state index in [-0.39, 0.29) is 5.78 Å². The Balaban J connectivity index is 2.41. The lowest BCUT2D eigenvalue weighted by atomic mass is 10.1. The molecule has 0 fully saturated rings. The highest BCUT2D eigenvalue weighted by Gasteiger charge is 2.03. The Hall–Kier alpha value is -1.90. The van der Waals surface area contributed by atoms with Crippen molar-refractivity contribution < 1.29 is 4.79 Å². The molecule has 1 aromatic carbocycles. The lowest BCUT2D eigenvalue weighted by molar-refractivity contribution is -0.116. The van der Waals surface area contributed by atoms with Gasteiger partial charge in [0.25, 0.3) is 0 Å². The molecule has 0 aliphatic carbocycles. The van der Waals surface area contributed by atoms with Gasteiger partial charge in [-0.3, -0.25) is 4.79 Å². The first-order chi connectivity index (χ1) is 8.04. The minimum absolute atomic E-state index is 0.184. The monoisotopic (exact) mass is 228 g/mol. The molecule has 3 nitrogen and oxygen atoms in total. The molecule has 0 unspecified atom stereocenters. The predicted molar refractivity (Wildman–Crippen MR) is 67.4 cm³/mol. The first-order valence-corrected chi connectivity index (χ1v) is 5.65. The number of carbonyl (C=O) groups is 1. The molecule has 1 heterocycles. The zero-order valence-electron chi connectivity index (χ0n) is 10.4. The first kappa shape index (κ1) is 11.6. The summed E-state index contributed by atoms with van der Waals surface area (Å²) < 4.78 is 1.98. The van der Waals surface area contributed by atoms with Crippen LogP contribution in [0.5, 0.6) is 0 Å². The second-order valence-corrected chi connectivity index (χ2v) is 4.48. The summed E-state index contributed by atoms with van der Waals surface area (Å²) in [5.74, 6) is 0.184. The molecule has 2 aromatic rings. The van der Waals surface area contributed by atoms with Crippen molar-refractivity contribution in [3.05, 3.63) is 47.5 Å². The van der Waals surface area contributed by atoms with Gasteiger partial charge < -0.3 is 4.57 Å². The van der Waals surface area contributed by atoms with Crippen LogP contribution in [0.15, 0.2) is 30.7 Å². The highest BCUT2D eigenvalue weighted by molar-refractivity contribution is 5.78. The van der Waals surface area contributed by atoms with Crippen LogP contribution in [0.3, 0.4) is 0 Å². The Morgan fingerprint density at radius 2 is 2.06 bits per heavy atom. The topological polar surface area (TPSA) is 34.9 Å². The molecule has 1 aromatic heterocycles. The summed E-state index contributed by atoms with van der Waals surface area (Å²) in [6, 6.07) is 6.18. The summed E-state index contributed by atoms with van der Waals surface area (Å²) in [5.41, 5.74) is 4.26. The minimum atomic E-state index is 0.184. The van der Waals surface area contributed by atoms with E-state index in [0.29, 0.717) is 6.42 Å². The number of nitrogens with zero attached hydrogens (tertiary/aromatic N) is 2. The van der Waals surface area contributed by atoms with Gasteiger partial charge in [-0.15, -0.1) is 0 Å². The molecule has 0 aliphatic heterocycles. The standard InChI is InChI=1S/C14H16N2O/c1-10-4-13(6-12(3)17)7-14(5-10)16-8-11(2)15-9-16/h4-5,7-9H,6H2,1-3H3. The van der Waals surface area contributed by atoms with Crippen molar-refractivity contribution in [2.24, 2.45) is 0 Å². The number of ketones is 1. The third-order valence-electron chi connectivity index (χ3n) is 2.58. The molecule has 0 bridgehead atoms. The van der Waals surface area contributed by atoms with Crippen LogP contribution in [0, 0.1) is 13.8 Å². The normalized spacial score (nSPS) is 10.5. The van der Waals surface area contributed by atoms with Gasteiger partial charge in [0.1, 0.15) is 5.78 Å². The van der Waals surface area contributed by atoms with E-state index in [1.54, 1.807) is 13.3 Å². The third kappa shape index (κ3) is 2.81. The number of aromatic nitrogens is 2. The van der Waals surface area contributed by atoms with Crippen LogP contribution in [0.2, 0.25) is 0 Å². The first-order valence-electron chi connectivity index (χ1n) is 5.65. The van der Waals surface area contributed by atoms with Crippen molar-refractivity contribution in [3.8, 4) is 5.69 Å². The third-order valence-corrected chi connectivity index (χ3v) is 2.58. The SMILES string of the molecule is CC(=O)Cc1cc(C)cc(-n2cnc(C)c2)c1. The molecule has 0 N–H and O–H groups in total. The van der Waals surface area contributed by atoms with Crippen molar-refractivity contribution in [1.29, 1.82) is 0 Å². The highest BCUT2D eigenvalue weighted by Crippen LogP contribution is 2.15. The van der Waals surface area contributed by atoms with Crippen LogP contribution >= 0.6 is 0 Å². The number of imidazole rings is 1. The maximum absolute atomic E-state index is 11.2. The smallest absolute Gasteiger partial charge is 0.134 e. The molecule has 0 radical (unpaired) electrons. The maximum Gasteiger partial charge on any atom is 0.134 e. The van der Waals surface area contributed by atoms with Gasteiger partial charge in [-0.05, 0) is 44.0 Å². The summed E-state index contributed by atoms with van der Waals surface area (Å²) in [5, 5.41) is 0. The Morgan fingerprint density at radius 3 is 2.65 bits per heavy atom. The van der Waals surface area contributed by atoms with Gasteiger partial charge in [-0.1, -0.05) is 6.07 Å². The zero-order chi connectivity index (χ0) is 12.4. The average Bonchev–Trinajstić information content (AvgIpc) is 2.62. The van der Waals surface area contributed by atoms with Crippen molar-refractivity contribution in [2.45, 2.75) is 27.2 Å². The molecule has 0 saturated heterocycles. The number of carbonyl (C=O) groups excluding carboxylic acids is 1. The number of Topliss-reactive ketones (excluding diaryl/α,β-unsaturated/α-hetero) is 1. The fraction of sp³-hybridized carbons (Fsp3) is 0.286. The van der Waals surface area contributed by atoms with Gasteiger partial charge in [0, 0.05) is 18.3 Å². The van der Waals surface area contributed by atoms with Gasteiger partial charge in [0.2, 0.25) is 0 Å². The van der Waals surface area contributed by atoms with E-state index in [4.69, 9.17) is 0 Å². The Morgan fingerprint density at radius 1 is 1.29 bits per heavy atom. The van der Waals surface area contributed by atoms with Crippen molar-refractivity contribution in [2.75, 3.05) is 0 Å². The van der Waals surface area contributed by atoms with Crippen LogP contribution in [0.4, 0.5) is 0 Å². The summed E-state index contributed by atoms with van der Waals surface area (Å²) in [6.07, 6.45) is 4.26. The van der Waals surface area contributed by atoms with Gasteiger partial charge in [0.05, 0.1) is 12.0 Å². The zero-order valence-corrected chi connectivity index (χ0v) is 10.4. The number of hydrogen-bond donors (Lipinski definition) is 0. The minimum Gasteiger partial charge on any atom is -0.306 e. The number of benzene rings is 1. The van der Waals surface area contributed by atoms with Gasteiger partial charge >= 0.3 is 0 Å². The molecule has 2 rings (SSSR count). The van der Waals surface area contributed by atoms with E-state index in [1.165, 1.54) is 0 Å². The van der Waals surface area contributed by atoms with Gasteiger partial charge in [0.15, 0.2) is 0 Å². The van der Waals surface area contributed by atoms with Gasteiger partial charge in [-0.25, -0.2) is 4.98 Å². The van der Waals surface area contributed by atoms with Crippen molar-refractivity contribution in [1.82, 2.24) is 9.55 Å². The number of hydrogen-bond acceptors (Lipinski definition) is 2. The fourth-order valence-electron chi connectivity index (χ4n) is 1.94.